The Labute approximate surface area is 222 Å². The van der Waals surface area contributed by atoms with Gasteiger partial charge in [0.05, 0.1) is 11.7 Å². The number of nitrogens with zero attached hydrogens (tertiary/aromatic N) is 3. The molecule has 1 aromatic heterocycles. The highest BCUT2D eigenvalue weighted by Gasteiger charge is 2.28. The van der Waals surface area contributed by atoms with E-state index in [0.717, 1.165) is 0 Å². The van der Waals surface area contributed by atoms with Gasteiger partial charge in [0.1, 0.15) is 18.4 Å². The fourth-order valence-corrected chi connectivity index (χ4v) is 3.48. The van der Waals surface area contributed by atoms with Gasteiger partial charge in [0.25, 0.3) is 0 Å². The molecule has 0 aliphatic carbocycles. The fourth-order valence-electron chi connectivity index (χ4n) is 3.48. The molecule has 1 rings (SSSR count). The number of hydrogen-bond donors (Lipinski definition) is 5. The molecule has 38 heavy (non-hydrogen) atoms. The Morgan fingerprint density at radius 1 is 1.00 bits per heavy atom. The standard InChI is InChI=1S/C24H40N8O6/c1-5-19(34)18(7-6-11-27-24(25)38)28-23(37)22(15(2)3)29-21(36)14-32-13-17(30-31-32)8-9-20(35)26-12-10-16(4)33/h13,15,18,22H,5-12,14H2,1-4H3,(H,26,35)(H,28,37)(H,29,36)(H3,25,27,38)/t18-,22?/m0/s1. The minimum absolute atomic E-state index is 0.00686. The van der Waals surface area contributed by atoms with Crippen molar-refractivity contribution in [3.8, 4) is 0 Å². The van der Waals surface area contributed by atoms with E-state index in [9.17, 15) is 28.8 Å². The number of aromatic nitrogens is 3. The average Bonchev–Trinajstić information content (AvgIpc) is 3.28. The normalized spacial score (nSPS) is 12.3. The minimum Gasteiger partial charge on any atom is -0.356 e. The fraction of sp³-hybridized carbons (Fsp3) is 0.667. The van der Waals surface area contributed by atoms with Crippen molar-refractivity contribution < 1.29 is 28.8 Å². The maximum Gasteiger partial charge on any atom is 0.312 e. The van der Waals surface area contributed by atoms with Gasteiger partial charge in [-0.15, -0.1) is 5.10 Å². The number of primary amides is 1. The Kier molecular flexibility index (Phi) is 14.2. The van der Waals surface area contributed by atoms with Gasteiger partial charge in [0.2, 0.25) is 17.7 Å². The molecular weight excluding hydrogens is 496 g/mol. The van der Waals surface area contributed by atoms with Crippen molar-refractivity contribution in [2.24, 2.45) is 11.7 Å². The van der Waals surface area contributed by atoms with E-state index in [4.69, 9.17) is 5.73 Å². The van der Waals surface area contributed by atoms with Gasteiger partial charge in [-0.3, -0.25) is 24.0 Å². The number of amides is 5. The molecule has 0 saturated heterocycles. The van der Waals surface area contributed by atoms with Crippen LogP contribution in [0.5, 0.6) is 0 Å². The van der Waals surface area contributed by atoms with Crippen LogP contribution in [0, 0.1) is 5.92 Å². The molecule has 0 aliphatic rings. The van der Waals surface area contributed by atoms with Gasteiger partial charge < -0.3 is 27.0 Å². The molecule has 1 heterocycles. The Hall–Kier alpha value is -3.84. The molecule has 0 spiro atoms. The largest absolute Gasteiger partial charge is 0.356 e. The first-order chi connectivity index (χ1) is 17.9. The summed E-state index contributed by atoms with van der Waals surface area (Å²) < 4.78 is 1.31. The first-order valence-electron chi connectivity index (χ1n) is 12.7. The number of nitrogens with one attached hydrogen (secondary N) is 4. The van der Waals surface area contributed by atoms with Crippen molar-refractivity contribution in [3.05, 3.63) is 11.9 Å². The zero-order chi connectivity index (χ0) is 28.7. The molecule has 0 radical (unpaired) electrons. The van der Waals surface area contributed by atoms with Crippen LogP contribution >= 0.6 is 0 Å². The van der Waals surface area contributed by atoms with Crippen molar-refractivity contribution in [1.82, 2.24) is 36.3 Å². The maximum atomic E-state index is 13.0. The molecule has 0 aromatic carbocycles. The van der Waals surface area contributed by atoms with E-state index in [1.54, 1.807) is 27.0 Å². The van der Waals surface area contributed by atoms with Crippen molar-refractivity contribution in [2.45, 2.75) is 84.8 Å². The quantitative estimate of drug-likeness (QED) is 0.152. The SMILES string of the molecule is CCC(=O)[C@H](CCCNC(N)=O)NC(=O)C(NC(=O)Cn1cc(CCC(=O)NCCC(C)=O)nn1)C(C)C. The van der Waals surface area contributed by atoms with Crippen LogP contribution in [0.2, 0.25) is 0 Å². The third-order valence-electron chi connectivity index (χ3n) is 5.59. The number of rotatable bonds is 18. The summed E-state index contributed by atoms with van der Waals surface area (Å²) in [6.07, 6.45) is 3.27. The first-order valence-corrected chi connectivity index (χ1v) is 12.7. The molecular formula is C24H40N8O6. The molecule has 0 aliphatic heterocycles. The molecule has 5 amide bonds. The topological polar surface area (TPSA) is 207 Å². The molecule has 14 nitrogen and oxygen atoms in total. The highest BCUT2D eigenvalue weighted by atomic mass is 16.2. The van der Waals surface area contributed by atoms with Crippen molar-refractivity contribution in [3.63, 3.8) is 0 Å². The van der Waals surface area contributed by atoms with Crippen LogP contribution in [0.4, 0.5) is 4.79 Å². The Morgan fingerprint density at radius 3 is 2.32 bits per heavy atom. The summed E-state index contributed by atoms with van der Waals surface area (Å²) in [6, 6.07) is -2.31. The van der Waals surface area contributed by atoms with Gasteiger partial charge >= 0.3 is 6.03 Å². The highest BCUT2D eigenvalue weighted by Crippen LogP contribution is 2.07. The molecule has 1 unspecified atom stereocenters. The van der Waals surface area contributed by atoms with Crippen LogP contribution in [-0.4, -0.2) is 75.5 Å². The van der Waals surface area contributed by atoms with Crippen molar-refractivity contribution >= 4 is 35.3 Å². The van der Waals surface area contributed by atoms with Gasteiger partial charge in [-0.1, -0.05) is 26.0 Å². The third kappa shape index (κ3) is 12.9. The number of nitrogens with two attached hydrogens (primary N) is 1. The minimum atomic E-state index is -0.889. The van der Waals surface area contributed by atoms with Crippen LogP contribution in [0.3, 0.4) is 0 Å². The monoisotopic (exact) mass is 536 g/mol. The van der Waals surface area contributed by atoms with E-state index < -0.39 is 29.9 Å². The van der Waals surface area contributed by atoms with Crippen LogP contribution in [0.25, 0.3) is 0 Å². The summed E-state index contributed by atoms with van der Waals surface area (Å²) in [5.41, 5.74) is 5.56. The summed E-state index contributed by atoms with van der Waals surface area (Å²) >= 11 is 0. The molecule has 14 heteroatoms. The lowest BCUT2D eigenvalue weighted by atomic mass is 10.0. The molecule has 0 fully saturated rings. The predicted octanol–water partition coefficient (Wildman–Crippen LogP) is -0.641. The molecule has 2 atom stereocenters. The number of Topliss-reactive ketones (excluding diaryl/α,β-unsaturated/α-hetero) is 2. The lowest BCUT2D eigenvalue weighted by molar-refractivity contribution is -0.132. The van der Waals surface area contributed by atoms with E-state index in [1.165, 1.54) is 11.6 Å². The summed E-state index contributed by atoms with van der Waals surface area (Å²) in [5, 5.41) is 18.4. The second kappa shape index (κ2) is 16.8. The Balaban J connectivity index is 2.63. The summed E-state index contributed by atoms with van der Waals surface area (Å²) in [7, 11) is 0. The molecule has 0 saturated carbocycles. The van der Waals surface area contributed by atoms with Crippen LogP contribution < -0.4 is 27.0 Å². The van der Waals surface area contributed by atoms with E-state index in [-0.39, 0.29) is 62.3 Å². The number of hydrogen-bond acceptors (Lipinski definition) is 8. The van der Waals surface area contributed by atoms with Crippen molar-refractivity contribution in [2.75, 3.05) is 13.1 Å². The van der Waals surface area contributed by atoms with E-state index in [2.05, 4.69) is 31.6 Å². The van der Waals surface area contributed by atoms with Crippen molar-refractivity contribution in [1.29, 1.82) is 0 Å². The Morgan fingerprint density at radius 2 is 1.71 bits per heavy atom. The van der Waals surface area contributed by atoms with Crippen LogP contribution in [-0.2, 0) is 36.9 Å². The second-order valence-electron chi connectivity index (χ2n) is 9.31. The Bertz CT molecular complexity index is 977. The zero-order valence-electron chi connectivity index (χ0n) is 22.5. The van der Waals surface area contributed by atoms with Gasteiger partial charge in [-0.2, -0.15) is 0 Å². The third-order valence-corrected chi connectivity index (χ3v) is 5.59. The van der Waals surface area contributed by atoms with Crippen LogP contribution in [0.15, 0.2) is 6.20 Å². The van der Waals surface area contributed by atoms with Gasteiger partial charge in [-0.25, -0.2) is 9.48 Å². The van der Waals surface area contributed by atoms with Gasteiger partial charge in [0.15, 0.2) is 5.78 Å². The lowest BCUT2D eigenvalue weighted by Crippen LogP contribution is -2.54. The smallest absolute Gasteiger partial charge is 0.312 e. The number of ketones is 2. The number of carbonyl (C=O) groups is 6. The summed E-state index contributed by atoms with van der Waals surface area (Å²) in [4.78, 5) is 71.5. The highest BCUT2D eigenvalue weighted by molar-refractivity contribution is 5.92. The second-order valence-corrected chi connectivity index (χ2v) is 9.31. The van der Waals surface area contributed by atoms with Gasteiger partial charge in [-0.05, 0) is 25.7 Å². The maximum absolute atomic E-state index is 13.0. The molecule has 212 valence electrons. The van der Waals surface area contributed by atoms with E-state index in [0.29, 0.717) is 25.0 Å². The van der Waals surface area contributed by atoms with E-state index in [1.807, 2.05) is 0 Å². The summed E-state index contributed by atoms with van der Waals surface area (Å²) in [5.74, 6) is -1.60. The molecule has 0 bridgehead atoms. The van der Waals surface area contributed by atoms with Gasteiger partial charge in [0, 0.05) is 45.0 Å². The van der Waals surface area contributed by atoms with Crippen LogP contribution in [0.1, 0.15) is 65.5 Å². The summed E-state index contributed by atoms with van der Waals surface area (Å²) in [6.45, 7) is 7.05. The predicted molar refractivity (Wildman–Crippen MR) is 137 cm³/mol. The number of carbonyl (C=O) groups excluding carboxylic acids is 6. The molecule has 6 N–H and O–H groups in total. The zero-order valence-corrected chi connectivity index (χ0v) is 22.5. The number of urea groups is 1. The van der Waals surface area contributed by atoms with E-state index >= 15 is 0 Å². The molecule has 1 aromatic rings. The first kappa shape index (κ1) is 32.2. The lowest BCUT2D eigenvalue weighted by Gasteiger charge is -2.25. The average molecular weight is 537 g/mol. The number of aryl methyl sites for hydroxylation is 1.